The van der Waals surface area contributed by atoms with Gasteiger partial charge in [0, 0.05) is 18.2 Å². The van der Waals surface area contributed by atoms with Crippen molar-refractivity contribution in [3.05, 3.63) is 58.0 Å². The van der Waals surface area contributed by atoms with Gasteiger partial charge in [0.1, 0.15) is 5.82 Å². The predicted octanol–water partition coefficient (Wildman–Crippen LogP) is 1.70. The van der Waals surface area contributed by atoms with Gasteiger partial charge in [-0.2, -0.15) is 0 Å². The molecule has 0 amide bonds. The number of aromatic carboxylic acids is 1. The third-order valence-corrected chi connectivity index (χ3v) is 2.50. The summed E-state index contributed by atoms with van der Waals surface area (Å²) in [6.07, 6.45) is 2.47. The van der Waals surface area contributed by atoms with Gasteiger partial charge in [0.2, 0.25) is 0 Å². The maximum absolute atomic E-state index is 10.8. The number of anilines is 1. The van der Waals surface area contributed by atoms with Crippen LogP contribution in [0.25, 0.3) is 0 Å². The standard InChI is InChI=1S/C12H10N4O4/c17-12(18)9-6-13-7-11(15-9)14-5-8-3-1-2-4-10(8)16(19)20/h1-4,6-7H,5H2,(H,14,15)(H,17,18). The van der Waals surface area contributed by atoms with Crippen LogP contribution >= 0.6 is 0 Å². The summed E-state index contributed by atoms with van der Waals surface area (Å²) in [6.45, 7) is 0.148. The van der Waals surface area contributed by atoms with Gasteiger partial charge in [-0.1, -0.05) is 18.2 Å². The largest absolute Gasteiger partial charge is 0.476 e. The van der Waals surface area contributed by atoms with Crippen LogP contribution in [0.2, 0.25) is 0 Å². The fraction of sp³-hybridized carbons (Fsp3) is 0.0833. The van der Waals surface area contributed by atoms with Crippen molar-refractivity contribution in [2.45, 2.75) is 6.54 Å². The van der Waals surface area contributed by atoms with Crippen molar-refractivity contribution in [1.29, 1.82) is 0 Å². The lowest BCUT2D eigenvalue weighted by atomic mass is 10.2. The Morgan fingerprint density at radius 3 is 2.80 bits per heavy atom. The molecule has 8 nitrogen and oxygen atoms in total. The smallest absolute Gasteiger partial charge is 0.356 e. The van der Waals surface area contributed by atoms with Gasteiger partial charge in [-0.05, 0) is 0 Å². The Labute approximate surface area is 113 Å². The molecule has 0 spiro atoms. The van der Waals surface area contributed by atoms with Crippen LogP contribution in [0.15, 0.2) is 36.7 Å². The van der Waals surface area contributed by atoms with E-state index < -0.39 is 10.9 Å². The molecule has 0 saturated carbocycles. The maximum Gasteiger partial charge on any atom is 0.356 e. The van der Waals surface area contributed by atoms with Crippen LogP contribution in [0, 0.1) is 10.1 Å². The molecule has 8 heteroatoms. The number of nitrogens with zero attached hydrogens (tertiary/aromatic N) is 3. The van der Waals surface area contributed by atoms with Crippen molar-refractivity contribution in [3.63, 3.8) is 0 Å². The molecule has 1 aromatic carbocycles. The van der Waals surface area contributed by atoms with Crippen molar-refractivity contribution in [1.82, 2.24) is 9.97 Å². The molecular weight excluding hydrogens is 264 g/mol. The summed E-state index contributed by atoms with van der Waals surface area (Å²) in [4.78, 5) is 28.7. The van der Waals surface area contributed by atoms with Crippen LogP contribution in [-0.2, 0) is 6.54 Å². The van der Waals surface area contributed by atoms with Gasteiger partial charge in [-0.25, -0.2) is 9.78 Å². The molecule has 0 bridgehead atoms. The number of hydrogen-bond donors (Lipinski definition) is 2. The van der Waals surface area contributed by atoms with E-state index in [4.69, 9.17) is 5.11 Å². The monoisotopic (exact) mass is 274 g/mol. The molecule has 20 heavy (non-hydrogen) atoms. The second-order valence-corrected chi connectivity index (χ2v) is 3.83. The summed E-state index contributed by atoms with van der Waals surface area (Å²) in [7, 11) is 0. The lowest BCUT2D eigenvalue weighted by Gasteiger charge is -2.06. The number of carboxylic acids is 1. The van der Waals surface area contributed by atoms with E-state index in [-0.39, 0.29) is 23.7 Å². The Balaban J connectivity index is 2.15. The second kappa shape index (κ2) is 5.74. The van der Waals surface area contributed by atoms with E-state index in [1.54, 1.807) is 18.2 Å². The molecule has 1 heterocycles. The Morgan fingerprint density at radius 2 is 2.10 bits per heavy atom. The number of carbonyl (C=O) groups is 1. The molecule has 0 aliphatic heterocycles. The first-order valence-corrected chi connectivity index (χ1v) is 5.59. The predicted molar refractivity (Wildman–Crippen MR) is 69.4 cm³/mol. The van der Waals surface area contributed by atoms with E-state index in [1.165, 1.54) is 12.3 Å². The first kappa shape index (κ1) is 13.4. The Hall–Kier alpha value is -3.03. The molecule has 0 aliphatic carbocycles. The fourth-order valence-corrected chi connectivity index (χ4v) is 1.58. The molecular formula is C12H10N4O4. The third kappa shape index (κ3) is 3.05. The minimum Gasteiger partial charge on any atom is -0.476 e. The van der Waals surface area contributed by atoms with Crippen molar-refractivity contribution in [2.75, 3.05) is 5.32 Å². The zero-order valence-electron chi connectivity index (χ0n) is 10.2. The van der Waals surface area contributed by atoms with Crippen LogP contribution < -0.4 is 5.32 Å². The summed E-state index contributed by atoms with van der Waals surface area (Å²) in [5.41, 5.74) is 0.264. The fourth-order valence-electron chi connectivity index (χ4n) is 1.58. The minimum atomic E-state index is -1.19. The van der Waals surface area contributed by atoms with Crippen LogP contribution in [0.4, 0.5) is 11.5 Å². The number of para-hydroxylation sites is 1. The van der Waals surface area contributed by atoms with Gasteiger partial charge in [0.15, 0.2) is 5.69 Å². The summed E-state index contributed by atoms with van der Waals surface area (Å²) >= 11 is 0. The summed E-state index contributed by atoms with van der Waals surface area (Å²) in [5, 5.41) is 22.5. The zero-order chi connectivity index (χ0) is 14.5. The minimum absolute atomic E-state index is 0.0117. The topological polar surface area (TPSA) is 118 Å². The summed E-state index contributed by atoms with van der Waals surface area (Å²) < 4.78 is 0. The molecule has 2 aromatic rings. The lowest BCUT2D eigenvalue weighted by molar-refractivity contribution is -0.385. The average molecular weight is 274 g/mol. The number of carboxylic acid groups (broad SMARTS) is 1. The van der Waals surface area contributed by atoms with Gasteiger partial charge in [-0.3, -0.25) is 15.1 Å². The number of nitro benzene ring substituents is 1. The number of benzene rings is 1. The zero-order valence-corrected chi connectivity index (χ0v) is 10.2. The number of nitrogens with one attached hydrogen (secondary N) is 1. The molecule has 0 unspecified atom stereocenters. The van der Waals surface area contributed by atoms with Crippen molar-refractivity contribution in [3.8, 4) is 0 Å². The van der Waals surface area contributed by atoms with Gasteiger partial charge in [0.05, 0.1) is 17.3 Å². The Bertz CT molecular complexity index is 659. The number of aromatic nitrogens is 2. The quantitative estimate of drug-likeness (QED) is 0.629. The molecule has 102 valence electrons. The summed E-state index contributed by atoms with van der Waals surface area (Å²) in [6, 6.07) is 6.27. The summed E-state index contributed by atoms with van der Waals surface area (Å²) in [5.74, 6) is -0.949. The van der Waals surface area contributed by atoms with Gasteiger partial charge in [0.25, 0.3) is 5.69 Å². The Kier molecular flexibility index (Phi) is 3.85. The van der Waals surface area contributed by atoms with Gasteiger partial charge >= 0.3 is 5.97 Å². The van der Waals surface area contributed by atoms with E-state index in [0.717, 1.165) is 6.20 Å². The van der Waals surface area contributed by atoms with Crippen LogP contribution in [0.3, 0.4) is 0 Å². The van der Waals surface area contributed by atoms with E-state index in [0.29, 0.717) is 5.56 Å². The Morgan fingerprint density at radius 1 is 1.35 bits per heavy atom. The third-order valence-electron chi connectivity index (χ3n) is 2.50. The lowest BCUT2D eigenvalue weighted by Crippen LogP contribution is -2.07. The highest BCUT2D eigenvalue weighted by atomic mass is 16.6. The van der Waals surface area contributed by atoms with Crippen molar-refractivity contribution < 1.29 is 14.8 Å². The highest BCUT2D eigenvalue weighted by Crippen LogP contribution is 2.18. The average Bonchev–Trinajstić information content (AvgIpc) is 2.45. The van der Waals surface area contributed by atoms with Crippen molar-refractivity contribution >= 4 is 17.5 Å². The molecule has 0 atom stereocenters. The number of rotatable bonds is 5. The molecule has 1 aromatic heterocycles. The normalized spacial score (nSPS) is 10.0. The van der Waals surface area contributed by atoms with Crippen LogP contribution in [0.5, 0.6) is 0 Å². The van der Waals surface area contributed by atoms with E-state index in [1.807, 2.05) is 0 Å². The molecule has 2 N–H and O–H groups in total. The highest BCUT2D eigenvalue weighted by Gasteiger charge is 2.12. The number of nitro groups is 1. The van der Waals surface area contributed by atoms with Gasteiger partial charge in [-0.15, -0.1) is 0 Å². The first-order valence-electron chi connectivity index (χ1n) is 5.59. The second-order valence-electron chi connectivity index (χ2n) is 3.83. The van der Waals surface area contributed by atoms with E-state index >= 15 is 0 Å². The van der Waals surface area contributed by atoms with E-state index in [9.17, 15) is 14.9 Å². The van der Waals surface area contributed by atoms with Crippen LogP contribution in [-0.4, -0.2) is 26.0 Å². The van der Waals surface area contributed by atoms with Crippen LogP contribution in [0.1, 0.15) is 16.1 Å². The SMILES string of the molecule is O=C(O)c1cncc(NCc2ccccc2[N+](=O)[O-])n1. The molecule has 2 rings (SSSR count). The van der Waals surface area contributed by atoms with Gasteiger partial charge < -0.3 is 10.4 Å². The number of hydrogen-bond acceptors (Lipinski definition) is 6. The molecule has 0 radical (unpaired) electrons. The molecule has 0 aliphatic rings. The first-order chi connectivity index (χ1) is 9.58. The van der Waals surface area contributed by atoms with Crippen molar-refractivity contribution in [2.24, 2.45) is 0 Å². The molecule has 0 saturated heterocycles. The van der Waals surface area contributed by atoms with E-state index in [2.05, 4.69) is 15.3 Å². The highest BCUT2D eigenvalue weighted by molar-refractivity contribution is 5.85. The maximum atomic E-state index is 10.8. The molecule has 0 fully saturated rings.